The van der Waals surface area contributed by atoms with Crippen LogP contribution in [-0.4, -0.2) is 28.4 Å². The molecule has 2 rings (SSSR count). The van der Waals surface area contributed by atoms with E-state index >= 15 is 0 Å². The quantitative estimate of drug-likeness (QED) is 0.788. The summed E-state index contributed by atoms with van der Waals surface area (Å²) in [5.41, 5.74) is 0.144. The minimum Gasteiger partial charge on any atom is -0.336 e. The SMILES string of the molecule is CC(C)N(CC1CC1)C(=O)c1cc(F)cnc1Cl. The summed E-state index contributed by atoms with van der Waals surface area (Å²) in [4.78, 5) is 17.8. The van der Waals surface area contributed by atoms with Crippen molar-refractivity contribution >= 4 is 17.5 Å². The highest BCUT2D eigenvalue weighted by Crippen LogP contribution is 2.31. The molecular formula is C13H16ClFN2O. The molecule has 0 radical (unpaired) electrons. The highest BCUT2D eigenvalue weighted by molar-refractivity contribution is 6.32. The summed E-state index contributed by atoms with van der Waals surface area (Å²) in [6.45, 7) is 4.60. The Balaban J connectivity index is 2.23. The maximum absolute atomic E-state index is 13.2. The predicted octanol–water partition coefficient (Wildman–Crippen LogP) is 3.13. The summed E-state index contributed by atoms with van der Waals surface area (Å²) in [7, 11) is 0. The first-order valence-corrected chi connectivity index (χ1v) is 6.49. The van der Waals surface area contributed by atoms with Crippen LogP contribution in [0, 0.1) is 11.7 Å². The third-order valence-corrected chi connectivity index (χ3v) is 3.37. The molecule has 0 N–H and O–H groups in total. The molecule has 1 aromatic rings. The standard InChI is InChI=1S/C13H16ClFN2O/c1-8(2)17(7-9-3-4-9)13(18)11-5-10(15)6-16-12(11)14/h5-6,8-9H,3-4,7H2,1-2H3. The first kappa shape index (κ1) is 13.3. The van der Waals surface area contributed by atoms with Crippen molar-refractivity contribution in [1.29, 1.82) is 0 Å². The average Bonchev–Trinajstić information content (AvgIpc) is 3.12. The Kier molecular flexibility index (Phi) is 3.85. The second-order valence-electron chi connectivity index (χ2n) is 4.99. The van der Waals surface area contributed by atoms with Crippen LogP contribution in [0.2, 0.25) is 5.15 Å². The lowest BCUT2D eigenvalue weighted by Gasteiger charge is -2.27. The fourth-order valence-electron chi connectivity index (χ4n) is 1.83. The second kappa shape index (κ2) is 5.22. The van der Waals surface area contributed by atoms with E-state index in [2.05, 4.69) is 4.98 Å². The Morgan fingerprint density at radius 2 is 2.28 bits per heavy atom. The largest absolute Gasteiger partial charge is 0.336 e. The van der Waals surface area contributed by atoms with Gasteiger partial charge in [-0.25, -0.2) is 9.37 Å². The van der Waals surface area contributed by atoms with Crippen molar-refractivity contribution in [3.05, 3.63) is 28.8 Å². The van der Waals surface area contributed by atoms with E-state index in [1.54, 1.807) is 4.90 Å². The van der Waals surface area contributed by atoms with E-state index in [1.807, 2.05) is 13.8 Å². The molecule has 0 spiro atoms. The number of carbonyl (C=O) groups is 1. The van der Waals surface area contributed by atoms with Crippen molar-refractivity contribution in [2.45, 2.75) is 32.7 Å². The van der Waals surface area contributed by atoms with Gasteiger partial charge in [-0.1, -0.05) is 11.6 Å². The van der Waals surface area contributed by atoms with Crippen LogP contribution in [0.3, 0.4) is 0 Å². The summed E-state index contributed by atoms with van der Waals surface area (Å²) < 4.78 is 13.2. The lowest BCUT2D eigenvalue weighted by molar-refractivity contribution is 0.0695. The van der Waals surface area contributed by atoms with Crippen molar-refractivity contribution in [3.63, 3.8) is 0 Å². The van der Waals surface area contributed by atoms with Gasteiger partial charge in [0, 0.05) is 12.6 Å². The monoisotopic (exact) mass is 270 g/mol. The van der Waals surface area contributed by atoms with E-state index in [4.69, 9.17) is 11.6 Å². The first-order valence-electron chi connectivity index (χ1n) is 6.11. The van der Waals surface area contributed by atoms with Crippen molar-refractivity contribution in [3.8, 4) is 0 Å². The van der Waals surface area contributed by atoms with Crippen LogP contribution in [0.15, 0.2) is 12.3 Å². The smallest absolute Gasteiger partial charge is 0.257 e. The summed E-state index contributed by atoms with van der Waals surface area (Å²) in [5.74, 6) is -0.205. The molecule has 18 heavy (non-hydrogen) atoms. The Bertz CT molecular complexity index is 460. The molecule has 1 fully saturated rings. The molecule has 0 atom stereocenters. The van der Waals surface area contributed by atoms with Gasteiger partial charge in [-0.15, -0.1) is 0 Å². The number of amides is 1. The van der Waals surface area contributed by atoms with Crippen LogP contribution >= 0.6 is 11.6 Å². The van der Waals surface area contributed by atoms with E-state index in [-0.39, 0.29) is 22.7 Å². The van der Waals surface area contributed by atoms with Gasteiger partial charge >= 0.3 is 0 Å². The molecule has 0 aromatic carbocycles. The number of rotatable bonds is 4. The van der Waals surface area contributed by atoms with Gasteiger partial charge in [-0.2, -0.15) is 0 Å². The number of carbonyl (C=O) groups excluding carboxylic acids is 1. The lowest BCUT2D eigenvalue weighted by Crippen LogP contribution is -2.38. The maximum atomic E-state index is 13.2. The normalized spacial score (nSPS) is 14.9. The lowest BCUT2D eigenvalue weighted by atomic mass is 10.2. The molecule has 1 amide bonds. The van der Waals surface area contributed by atoms with Gasteiger partial charge in [-0.3, -0.25) is 4.79 Å². The van der Waals surface area contributed by atoms with E-state index in [1.165, 1.54) is 0 Å². The Labute approximate surface area is 111 Å². The minimum atomic E-state index is -0.544. The molecule has 0 bridgehead atoms. The van der Waals surface area contributed by atoms with Crippen molar-refractivity contribution < 1.29 is 9.18 Å². The molecular weight excluding hydrogens is 255 g/mol. The zero-order valence-electron chi connectivity index (χ0n) is 10.5. The number of hydrogen-bond acceptors (Lipinski definition) is 2. The number of hydrogen-bond donors (Lipinski definition) is 0. The molecule has 98 valence electrons. The third-order valence-electron chi connectivity index (χ3n) is 3.07. The Morgan fingerprint density at radius 3 is 2.83 bits per heavy atom. The highest BCUT2D eigenvalue weighted by Gasteiger charge is 2.29. The van der Waals surface area contributed by atoms with Crippen molar-refractivity contribution in [2.24, 2.45) is 5.92 Å². The Hall–Kier alpha value is -1.16. The van der Waals surface area contributed by atoms with Crippen LogP contribution in [0.5, 0.6) is 0 Å². The number of aromatic nitrogens is 1. The summed E-state index contributed by atoms with van der Waals surface area (Å²) >= 11 is 5.87. The van der Waals surface area contributed by atoms with Gasteiger partial charge in [-0.05, 0) is 38.7 Å². The van der Waals surface area contributed by atoms with Gasteiger partial charge < -0.3 is 4.90 Å². The van der Waals surface area contributed by atoms with Crippen LogP contribution in [0.25, 0.3) is 0 Å². The number of pyridine rings is 1. The van der Waals surface area contributed by atoms with Crippen LogP contribution in [0.4, 0.5) is 4.39 Å². The summed E-state index contributed by atoms with van der Waals surface area (Å²) in [5, 5.41) is 0.0582. The van der Waals surface area contributed by atoms with Crippen LogP contribution in [-0.2, 0) is 0 Å². The van der Waals surface area contributed by atoms with Crippen molar-refractivity contribution in [2.75, 3.05) is 6.54 Å². The second-order valence-corrected chi connectivity index (χ2v) is 5.34. The molecule has 1 heterocycles. The number of nitrogens with zero attached hydrogens (tertiary/aromatic N) is 2. The molecule has 1 aliphatic rings. The van der Waals surface area contributed by atoms with Gasteiger partial charge in [0.15, 0.2) is 0 Å². The molecule has 1 aromatic heterocycles. The minimum absolute atomic E-state index is 0.0582. The zero-order valence-corrected chi connectivity index (χ0v) is 11.2. The van der Waals surface area contributed by atoms with Gasteiger partial charge in [0.05, 0.1) is 11.8 Å². The van der Waals surface area contributed by atoms with E-state index in [0.29, 0.717) is 12.5 Å². The molecule has 0 unspecified atom stereocenters. The molecule has 3 nitrogen and oxygen atoms in total. The molecule has 0 aliphatic heterocycles. The van der Waals surface area contributed by atoms with Gasteiger partial charge in [0.1, 0.15) is 11.0 Å². The van der Waals surface area contributed by atoms with Crippen molar-refractivity contribution in [1.82, 2.24) is 9.88 Å². The van der Waals surface area contributed by atoms with E-state index in [0.717, 1.165) is 25.1 Å². The maximum Gasteiger partial charge on any atom is 0.257 e. The Morgan fingerprint density at radius 1 is 1.61 bits per heavy atom. The summed E-state index contributed by atoms with van der Waals surface area (Å²) in [6, 6.07) is 1.22. The fourth-order valence-corrected chi connectivity index (χ4v) is 2.02. The molecule has 1 saturated carbocycles. The van der Waals surface area contributed by atoms with Crippen LogP contribution < -0.4 is 0 Å². The van der Waals surface area contributed by atoms with Gasteiger partial charge in [0.2, 0.25) is 0 Å². The molecule has 5 heteroatoms. The van der Waals surface area contributed by atoms with E-state index < -0.39 is 5.82 Å². The number of halogens is 2. The molecule has 1 aliphatic carbocycles. The van der Waals surface area contributed by atoms with Gasteiger partial charge in [0.25, 0.3) is 5.91 Å². The van der Waals surface area contributed by atoms with E-state index in [9.17, 15) is 9.18 Å². The predicted molar refractivity (Wildman–Crippen MR) is 68.1 cm³/mol. The summed E-state index contributed by atoms with van der Waals surface area (Å²) in [6.07, 6.45) is 3.33. The average molecular weight is 271 g/mol. The first-order chi connectivity index (χ1) is 8.49. The third kappa shape index (κ3) is 2.99. The molecule has 0 saturated heterocycles. The zero-order chi connectivity index (χ0) is 13.3. The highest BCUT2D eigenvalue weighted by atomic mass is 35.5. The van der Waals surface area contributed by atoms with Crippen LogP contribution in [0.1, 0.15) is 37.0 Å². The topological polar surface area (TPSA) is 33.2 Å². The fraction of sp³-hybridized carbons (Fsp3) is 0.538.